The third-order valence-corrected chi connectivity index (χ3v) is 5.03. The van der Waals surface area contributed by atoms with Gasteiger partial charge < -0.3 is 10.2 Å². The monoisotopic (exact) mass is 356 g/mol. The molecule has 0 saturated carbocycles. The number of hydrogen-bond donors (Lipinski definition) is 2. The number of carbonyl (C=O) groups excluding carboxylic acids is 3. The second-order valence-corrected chi connectivity index (χ2v) is 6.70. The van der Waals surface area contributed by atoms with E-state index in [1.807, 2.05) is 28.8 Å². The number of rotatable bonds is 2. The molecule has 4 rings (SSSR count). The van der Waals surface area contributed by atoms with Crippen LogP contribution in [0.15, 0.2) is 24.4 Å². The SMILES string of the molecule is O=C1CC[C@H](C(=O)N2CCC(c3nnc4ccccn34)CC2)NC(=O)N1. The zero-order chi connectivity index (χ0) is 18.1. The fourth-order valence-corrected chi connectivity index (χ4v) is 3.63. The first-order valence-corrected chi connectivity index (χ1v) is 8.80. The molecule has 9 heteroatoms. The molecule has 26 heavy (non-hydrogen) atoms. The quantitative estimate of drug-likeness (QED) is 0.811. The van der Waals surface area contributed by atoms with E-state index >= 15 is 0 Å². The topological polar surface area (TPSA) is 109 Å². The molecule has 0 unspecified atom stereocenters. The number of urea groups is 1. The minimum atomic E-state index is -0.646. The largest absolute Gasteiger partial charge is 0.341 e. The van der Waals surface area contributed by atoms with Gasteiger partial charge in [0.05, 0.1) is 0 Å². The Labute approximate surface area is 149 Å². The number of likely N-dealkylation sites (tertiary alicyclic amines) is 1. The normalized spacial score (nSPS) is 22.0. The van der Waals surface area contributed by atoms with Crippen molar-refractivity contribution in [2.45, 2.75) is 37.6 Å². The van der Waals surface area contributed by atoms with Crippen LogP contribution in [0.2, 0.25) is 0 Å². The van der Waals surface area contributed by atoms with Gasteiger partial charge in [0, 0.05) is 31.6 Å². The van der Waals surface area contributed by atoms with Crippen molar-refractivity contribution in [1.82, 2.24) is 30.1 Å². The van der Waals surface area contributed by atoms with Crippen molar-refractivity contribution in [1.29, 1.82) is 0 Å². The number of nitrogens with zero attached hydrogens (tertiary/aromatic N) is 4. The highest BCUT2D eigenvalue weighted by atomic mass is 16.2. The van der Waals surface area contributed by atoms with Gasteiger partial charge in [-0.2, -0.15) is 0 Å². The lowest BCUT2D eigenvalue weighted by molar-refractivity contribution is -0.134. The maximum Gasteiger partial charge on any atom is 0.322 e. The summed E-state index contributed by atoms with van der Waals surface area (Å²) in [6, 6.07) is 4.54. The van der Waals surface area contributed by atoms with Gasteiger partial charge in [0.1, 0.15) is 11.9 Å². The van der Waals surface area contributed by atoms with Crippen LogP contribution in [0.25, 0.3) is 5.65 Å². The van der Waals surface area contributed by atoms with Crippen molar-refractivity contribution in [3.05, 3.63) is 30.2 Å². The summed E-state index contributed by atoms with van der Waals surface area (Å²) in [4.78, 5) is 37.5. The van der Waals surface area contributed by atoms with E-state index in [2.05, 4.69) is 20.8 Å². The van der Waals surface area contributed by atoms with Crippen LogP contribution in [0.4, 0.5) is 4.79 Å². The minimum absolute atomic E-state index is 0.126. The number of aromatic nitrogens is 3. The summed E-state index contributed by atoms with van der Waals surface area (Å²) in [5, 5.41) is 13.3. The van der Waals surface area contributed by atoms with Crippen molar-refractivity contribution in [2.24, 2.45) is 0 Å². The van der Waals surface area contributed by atoms with Crippen LogP contribution in [0.3, 0.4) is 0 Å². The number of pyridine rings is 1. The third kappa shape index (κ3) is 3.12. The molecular weight excluding hydrogens is 336 g/mol. The zero-order valence-corrected chi connectivity index (χ0v) is 14.2. The van der Waals surface area contributed by atoms with Gasteiger partial charge in [-0.25, -0.2) is 4.79 Å². The minimum Gasteiger partial charge on any atom is -0.341 e. The van der Waals surface area contributed by atoms with Gasteiger partial charge >= 0.3 is 6.03 Å². The summed E-state index contributed by atoms with van der Waals surface area (Å²) in [6.45, 7) is 1.19. The number of fused-ring (bicyclic) bond motifs is 1. The van der Waals surface area contributed by atoms with Crippen LogP contribution in [0.1, 0.15) is 37.4 Å². The van der Waals surface area contributed by atoms with Gasteiger partial charge in [0.25, 0.3) is 0 Å². The summed E-state index contributed by atoms with van der Waals surface area (Å²) in [6.07, 6.45) is 4.02. The van der Waals surface area contributed by atoms with Crippen molar-refractivity contribution in [3.63, 3.8) is 0 Å². The van der Waals surface area contributed by atoms with E-state index in [1.54, 1.807) is 4.90 Å². The lowest BCUT2D eigenvalue weighted by atomic mass is 9.95. The Bertz CT molecular complexity index is 855. The fourth-order valence-electron chi connectivity index (χ4n) is 3.63. The lowest BCUT2D eigenvalue weighted by Gasteiger charge is -2.33. The molecule has 0 aliphatic carbocycles. The Hall–Kier alpha value is -2.97. The molecule has 9 nitrogen and oxygen atoms in total. The second-order valence-electron chi connectivity index (χ2n) is 6.70. The molecule has 2 N–H and O–H groups in total. The molecule has 2 fully saturated rings. The van der Waals surface area contributed by atoms with E-state index in [9.17, 15) is 14.4 Å². The Morgan fingerprint density at radius 2 is 1.92 bits per heavy atom. The summed E-state index contributed by atoms with van der Waals surface area (Å²) >= 11 is 0. The molecule has 2 aliphatic heterocycles. The van der Waals surface area contributed by atoms with Crippen molar-refractivity contribution in [2.75, 3.05) is 13.1 Å². The van der Waals surface area contributed by atoms with E-state index in [0.717, 1.165) is 24.3 Å². The summed E-state index contributed by atoms with van der Waals surface area (Å²) in [5.41, 5.74) is 0.819. The number of carbonyl (C=O) groups is 3. The molecule has 0 aromatic carbocycles. The highest BCUT2D eigenvalue weighted by Gasteiger charge is 2.32. The molecule has 2 aromatic rings. The maximum absolute atomic E-state index is 12.7. The smallest absolute Gasteiger partial charge is 0.322 e. The fraction of sp³-hybridized carbons (Fsp3) is 0.471. The average Bonchev–Trinajstić information content (AvgIpc) is 3.00. The first kappa shape index (κ1) is 16.5. The predicted molar refractivity (Wildman–Crippen MR) is 91.2 cm³/mol. The zero-order valence-electron chi connectivity index (χ0n) is 14.2. The molecule has 2 aliphatic rings. The Morgan fingerprint density at radius 1 is 1.12 bits per heavy atom. The average molecular weight is 356 g/mol. The van der Waals surface area contributed by atoms with Crippen molar-refractivity contribution < 1.29 is 14.4 Å². The molecule has 136 valence electrons. The number of imide groups is 1. The van der Waals surface area contributed by atoms with E-state index in [1.165, 1.54) is 0 Å². The van der Waals surface area contributed by atoms with Crippen LogP contribution in [0.5, 0.6) is 0 Å². The Balaban J connectivity index is 1.41. The van der Waals surface area contributed by atoms with Gasteiger partial charge in [-0.15, -0.1) is 10.2 Å². The molecule has 4 heterocycles. The van der Waals surface area contributed by atoms with Crippen LogP contribution < -0.4 is 10.6 Å². The molecule has 1 atom stereocenters. The van der Waals surface area contributed by atoms with E-state index in [4.69, 9.17) is 0 Å². The van der Waals surface area contributed by atoms with Crippen LogP contribution in [-0.2, 0) is 9.59 Å². The highest BCUT2D eigenvalue weighted by Crippen LogP contribution is 2.27. The lowest BCUT2D eigenvalue weighted by Crippen LogP contribution is -2.51. The van der Waals surface area contributed by atoms with E-state index < -0.39 is 12.1 Å². The first-order valence-electron chi connectivity index (χ1n) is 8.80. The Kier molecular flexibility index (Phi) is 4.27. The van der Waals surface area contributed by atoms with Crippen molar-refractivity contribution >= 4 is 23.5 Å². The third-order valence-electron chi connectivity index (χ3n) is 5.03. The molecule has 4 amide bonds. The Morgan fingerprint density at radius 3 is 2.73 bits per heavy atom. The second kappa shape index (κ2) is 6.74. The van der Waals surface area contributed by atoms with Crippen LogP contribution >= 0.6 is 0 Å². The first-order chi connectivity index (χ1) is 12.6. The molecular formula is C17H20N6O3. The molecule has 0 spiro atoms. The van der Waals surface area contributed by atoms with Gasteiger partial charge in [0.2, 0.25) is 11.8 Å². The molecule has 0 bridgehead atoms. The van der Waals surface area contributed by atoms with E-state index in [-0.39, 0.29) is 24.2 Å². The van der Waals surface area contributed by atoms with Gasteiger partial charge in [-0.05, 0) is 31.4 Å². The number of amides is 4. The van der Waals surface area contributed by atoms with Gasteiger partial charge in [-0.1, -0.05) is 6.07 Å². The highest BCUT2D eigenvalue weighted by molar-refractivity contribution is 5.98. The van der Waals surface area contributed by atoms with Crippen LogP contribution in [0, 0.1) is 0 Å². The molecule has 2 aromatic heterocycles. The van der Waals surface area contributed by atoms with Crippen molar-refractivity contribution in [3.8, 4) is 0 Å². The number of nitrogens with one attached hydrogen (secondary N) is 2. The summed E-state index contributed by atoms with van der Waals surface area (Å²) < 4.78 is 1.99. The number of piperidine rings is 1. The maximum atomic E-state index is 12.7. The molecule has 2 saturated heterocycles. The predicted octanol–water partition coefficient (Wildman–Crippen LogP) is 0.424. The summed E-state index contributed by atoms with van der Waals surface area (Å²) in [7, 11) is 0. The van der Waals surface area contributed by atoms with Gasteiger partial charge in [-0.3, -0.25) is 19.3 Å². The van der Waals surface area contributed by atoms with E-state index in [0.29, 0.717) is 19.5 Å². The number of hydrogen-bond acceptors (Lipinski definition) is 5. The molecule has 0 radical (unpaired) electrons. The van der Waals surface area contributed by atoms with Crippen LogP contribution in [-0.4, -0.2) is 56.5 Å². The standard InChI is InChI=1S/C17H20N6O3/c24-14-5-4-12(18-17(26)19-14)16(25)22-9-6-11(7-10-22)15-21-20-13-3-1-2-8-23(13)15/h1-3,8,11-12H,4-7,9-10H2,(H2,18,19,24,26)/t12-/m1/s1. The van der Waals surface area contributed by atoms with Gasteiger partial charge in [0.15, 0.2) is 5.65 Å². The summed E-state index contributed by atoms with van der Waals surface area (Å²) in [5.74, 6) is 0.684.